The number of ether oxygens (including phenoxy) is 2. The molecule has 0 saturated carbocycles. The zero-order valence-electron chi connectivity index (χ0n) is 14.9. The third kappa shape index (κ3) is 5.68. The number of Topliss-reactive ketones (excluding diaryl/α,β-unsaturated/α-hetero) is 1. The minimum Gasteiger partial charge on any atom is -0.482 e. The van der Waals surface area contributed by atoms with E-state index < -0.39 is 24.6 Å². The summed E-state index contributed by atoms with van der Waals surface area (Å²) in [5.74, 6) is -1.07. The van der Waals surface area contributed by atoms with E-state index in [2.05, 4.69) is 5.32 Å². The third-order valence-electron chi connectivity index (χ3n) is 3.58. The molecular formula is C20H18N2O5. The summed E-state index contributed by atoms with van der Waals surface area (Å²) in [4.78, 5) is 35.4. The summed E-state index contributed by atoms with van der Waals surface area (Å²) in [7, 11) is 0. The van der Waals surface area contributed by atoms with E-state index in [4.69, 9.17) is 14.7 Å². The quantitative estimate of drug-likeness (QED) is 0.597. The van der Waals surface area contributed by atoms with Crippen LogP contribution in [0.2, 0.25) is 0 Å². The molecule has 0 saturated heterocycles. The second kappa shape index (κ2) is 9.15. The van der Waals surface area contributed by atoms with E-state index >= 15 is 0 Å². The van der Waals surface area contributed by atoms with E-state index in [1.807, 2.05) is 6.07 Å². The predicted octanol–water partition coefficient (Wildman–Crippen LogP) is 2.71. The average Bonchev–Trinajstić information content (AvgIpc) is 2.67. The highest BCUT2D eigenvalue weighted by atomic mass is 16.6. The minimum absolute atomic E-state index is 0.119. The number of ketones is 1. The van der Waals surface area contributed by atoms with Gasteiger partial charge in [0.1, 0.15) is 11.8 Å². The van der Waals surface area contributed by atoms with Crippen molar-refractivity contribution >= 4 is 23.3 Å². The Morgan fingerprint density at radius 2 is 1.89 bits per heavy atom. The monoisotopic (exact) mass is 366 g/mol. The van der Waals surface area contributed by atoms with Crippen LogP contribution in [0.1, 0.15) is 29.8 Å². The van der Waals surface area contributed by atoms with Crippen molar-refractivity contribution in [1.82, 2.24) is 0 Å². The van der Waals surface area contributed by atoms with Gasteiger partial charge in [0.15, 0.2) is 18.5 Å². The maximum atomic E-state index is 12.1. The summed E-state index contributed by atoms with van der Waals surface area (Å²) in [6.07, 6.45) is -1.07. The Bertz CT molecular complexity index is 901. The van der Waals surface area contributed by atoms with Gasteiger partial charge in [-0.3, -0.25) is 9.59 Å². The number of nitriles is 1. The van der Waals surface area contributed by atoms with Gasteiger partial charge in [0.05, 0.1) is 11.3 Å². The summed E-state index contributed by atoms with van der Waals surface area (Å²) in [5.41, 5.74) is 1.10. The molecule has 2 aromatic carbocycles. The van der Waals surface area contributed by atoms with Gasteiger partial charge in [-0.15, -0.1) is 0 Å². The number of nitrogens with one attached hydrogen (secondary N) is 1. The van der Waals surface area contributed by atoms with Gasteiger partial charge >= 0.3 is 5.97 Å². The van der Waals surface area contributed by atoms with Gasteiger partial charge in [0, 0.05) is 5.56 Å². The van der Waals surface area contributed by atoms with Crippen molar-refractivity contribution in [3.63, 3.8) is 0 Å². The number of carbonyl (C=O) groups excluding carboxylic acids is 3. The van der Waals surface area contributed by atoms with Gasteiger partial charge in [-0.2, -0.15) is 5.26 Å². The SMILES string of the molecule is CC(=O)c1cccc(OCC(=O)O[C@@H](C)C(=O)Nc2ccccc2C#N)c1. The highest BCUT2D eigenvalue weighted by molar-refractivity contribution is 5.96. The zero-order chi connectivity index (χ0) is 19.8. The fraction of sp³-hybridized carbons (Fsp3) is 0.200. The number of benzene rings is 2. The molecule has 1 N–H and O–H groups in total. The number of rotatable bonds is 7. The Kier molecular flexibility index (Phi) is 6.67. The number of nitrogens with zero attached hydrogens (tertiary/aromatic N) is 1. The Morgan fingerprint density at radius 3 is 2.59 bits per heavy atom. The van der Waals surface area contributed by atoms with Crippen LogP contribution in [0.3, 0.4) is 0 Å². The smallest absolute Gasteiger partial charge is 0.344 e. The molecule has 0 fully saturated rings. The molecule has 2 rings (SSSR count). The molecule has 1 amide bonds. The maximum absolute atomic E-state index is 12.1. The largest absolute Gasteiger partial charge is 0.482 e. The third-order valence-corrected chi connectivity index (χ3v) is 3.58. The van der Waals surface area contributed by atoms with Gasteiger partial charge in [0.2, 0.25) is 0 Å². The molecule has 7 nitrogen and oxygen atoms in total. The summed E-state index contributed by atoms with van der Waals surface area (Å²) < 4.78 is 10.3. The van der Waals surface area contributed by atoms with Gasteiger partial charge in [0.25, 0.3) is 5.91 Å². The van der Waals surface area contributed by atoms with E-state index in [0.29, 0.717) is 22.6 Å². The van der Waals surface area contributed by atoms with Crippen molar-refractivity contribution in [2.45, 2.75) is 20.0 Å². The molecule has 138 valence electrons. The van der Waals surface area contributed by atoms with E-state index in [0.717, 1.165) is 0 Å². The highest BCUT2D eigenvalue weighted by Gasteiger charge is 2.19. The van der Waals surface area contributed by atoms with Crippen molar-refractivity contribution in [2.75, 3.05) is 11.9 Å². The lowest BCUT2D eigenvalue weighted by Gasteiger charge is -2.14. The molecule has 0 heterocycles. The van der Waals surface area contributed by atoms with Crippen LogP contribution in [0.4, 0.5) is 5.69 Å². The summed E-state index contributed by atoms with van der Waals surface area (Å²) >= 11 is 0. The number of amides is 1. The maximum Gasteiger partial charge on any atom is 0.344 e. The molecule has 0 aliphatic heterocycles. The Labute approximate surface area is 156 Å². The van der Waals surface area contributed by atoms with Crippen molar-refractivity contribution in [3.8, 4) is 11.8 Å². The van der Waals surface area contributed by atoms with Gasteiger partial charge in [-0.1, -0.05) is 24.3 Å². The van der Waals surface area contributed by atoms with Crippen molar-refractivity contribution in [1.29, 1.82) is 5.26 Å². The first kappa shape index (κ1) is 19.7. The Morgan fingerprint density at radius 1 is 1.15 bits per heavy atom. The van der Waals surface area contributed by atoms with E-state index in [1.165, 1.54) is 19.9 Å². The van der Waals surface area contributed by atoms with E-state index in [1.54, 1.807) is 42.5 Å². The lowest BCUT2D eigenvalue weighted by Crippen LogP contribution is -2.31. The molecule has 0 bridgehead atoms. The first-order chi connectivity index (χ1) is 12.9. The average molecular weight is 366 g/mol. The first-order valence-electron chi connectivity index (χ1n) is 8.14. The molecule has 0 spiro atoms. The minimum atomic E-state index is -1.07. The van der Waals surface area contributed by atoms with Crippen LogP contribution in [0.5, 0.6) is 5.75 Å². The van der Waals surface area contributed by atoms with Crippen molar-refractivity contribution in [3.05, 3.63) is 59.7 Å². The van der Waals surface area contributed by atoms with Crippen LogP contribution >= 0.6 is 0 Å². The van der Waals surface area contributed by atoms with Crippen LogP contribution < -0.4 is 10.1 Å². The van der Waals surface area contributed by atoms with Gasteiger partial charge in [-0.25, -0.2) is 4.79 Å². The molecular weight excluding hydrogens is 348 g/mol. The van der Waals surface area contributed by atoms with E-state index in [-0.39, 0.29) is 5.78 Å². The Hall–Kier alpha value is -3.66. The summed E-state index contributed by atoms with van der Waals surface area (Å²) in [6.45, 7) is 2.44. The number of anilines is 1. The fourth-order valence-corrected chi connectivity index (χ4v) is 2.16. The molecule has 0 unspecified atom stereocenters. The van der Waals surface area contributed by atoms with Crippen LogP contribution in [-0.4, -0.2) is 30.4 Å². The molecule has 1 atom stereocenters. The second-order valence-electron chi connectivity index (χ2n) is 5.65. The molecule has 2 aromatic rings. The lowest BCUT2D eigenvalue weighted by atomic mass is 10.1. The molecule has 7 heteroatoms. The number of hydrogen-bond donors (Lipinski definition) is 1. The standard InChI is InChI=1S/C20H18N2O5/c1-13(23)15-7-5-8-17(10-15)26-12-19(24)27-14(2)20(25)22-18-9-4-3-6-16(18)11-21/h3-10,14H,12H2,1-2H3,(H,22,25)/t14-/m0/s1. The van der Waals surface area contributed by atoms with Crippen molar-refractivity contribution < 1.29 is 23.9 Å². The number of carbonyl (C=O) groups is 3. The zero-order valence-corrected chi connectivity index (χ0v) is 14.9. The normalized spacial score (nSPS) is 11.0. The van der Waals surface area contributed by atoms with Gasteiger partial charge in [-0.05, 0) is 38.1 Å². The number of para-hydroxylation sites is 1. The molecule has 0 radical (unpaired) electrons. The molecule has 0 aromatic heterocycles. The number of hydrogen-bond acceptors (Lipinski definition) is 6. The Balaban J connectivity index is 1.88. The van der Waals surface area contributed by atoms with Crippen LogP contribution in [0.15, 0.2) is 48.5 Å². The van der Waals surface area contributed by atoms with Crippen LogP contribution in [-0.2, 0) is 14.3 Å². The molecule has 0 aliphatic rings. The first-order valence-corrected chi connectivity index (χ1v) is 8.14. The van der Waals surface area contributed by atoms with E-state index in [9.17, 15) is 14.4 Å². The second-order valence-corrected chi connectivity index (χ2v) is 5.65. The summed E-state index contributed by atoms with van der Waals surface area (Å²) in [6, 6.07) is 14.9. The number of esters is 1. The fourth-order valence-electron chi connectivity index (χ4n) is 2.16. The molecule has 27 heavy (non-hydrogen) atoms. The van der Waals surface area contributed by atoms with Crippen LogP contribution in [0, 0.1) is 11.3 Å². The topological polar surface area (TPSA) is 105 Å². The van der Waals surface area contributed by atoms with Crippen LogP contribution in [0.25, 0.3) is 0 Å². The summed E-state index contributed by atoms with van der Waals surface area (Å²) in [5, 5.41) is 11.6. The van der Waals surface area contributed by atoms with Crippen molar-refractivity contribution in [2.24, 2.45) is 0 Å². The highest BCUT2D eigenvalue weighted by Crippen LogP contribution is 2.15. The molecule has 0 aliphatic carbocycles. The van der Waals surface area contributed by atoms with Gasteiger partial charge < -0.3 is 14.8 Å². The predicted molar refractivity (Wildman–Crippen MR) is 97.3 cm³/mol. The lowest BCUT2D eigenvalue weighted by molar-refractivity contribution is -0.155.